The number of carbonyl (C=O) groups excluding carboxylic acids is 1. The fourth-order valence-corrected chi connectivity index (χ4v) is 12.1. The molecule has 5 aliphatic rings. The molecule has 1 aromatic carbocycles. The quantitative estimate of drug-likeness (QED) is 0.179. The highest BCUT2D eigenvalue weighted by molar-refractivity contribution is 5.87. The minimum atomic E-state index is -0.780. The van der Waals surface area contributed by atoms with Crippen LogP contribution in [-0.2, 0) is 14.3 Å². The lowest BCUT2D eigenvalue weighted by Gasteiger charge is -2.71. The largest absolute Gasteiger partial charge is 0.508 e. The molecule has 0 amide bonds. The first kappa shape index (κ1) is 32.3. The number of rotatable bonds is 4. The molecule has 3 N–H and O–H groups in total. The van der Waals surface area contributed by atoms with Crippen molar-refractivity contribution in [1.82, 2.24) is 0 Å². The van der Waals surface area contributed by atoms with Crippen LogP contribution in [0.1, 0.15) is 105 Å². The van der Waals surface area contributed by atoms with Crippen molar-refractivity contribution in [1.29, 1.82) is 0 Å². The van der Waals surface area contributed by atoms with E-state index in [1.807, 2.05) is 0 Å². The third-order valence-electron chi connectivity index (χ3n) is 14.9. The number of aromatic hydroxyl groups is 1. The molecule has 11 atom stereocenters. The number of carbonyl (C=O) groups is 2. The van der Waals surface area contributed by atoms with Gasteiger partial charge in [0.15, 0.2) is 0 Å². The lowest BCUT2D eigenvalue weighted by Crippen LogP contribution is -2.67. The molecule has 0 aliphatic heterocycles. The van der Waals surface area contributed by atoms with Gasteiger partial charge in [0.2, 0.25) is 0 Å². The molecule has 6 nitrogen and oxygen atoms in total. The Kier molecular flexibility index (Phi) is 7.70. The van der Waals surface area contributed by atoms with E-state index in [0.29, 0.717) is 24.2 Å². The van der Waals surface area contributed by atoms with Crippen LogP contribution < -0.4 is 0 Å². The monoisotopic (exact) mass is 618 g/mol. The number of phenols is 1. The van der Waals surface area contributed by atoms with Crippen LogP contribution in [0.15, 0.2) is 42.0 Å². The van der Waals surface area contributed by atoms with E-state index in [1.165, 1.54) is 11.6 Å². The molecule has 4 fully saturated rings. The summed E-state index contributed by atoms with van der Waals surface area (Å²) >= 11 is 0. The molecule has 0 radical (unpaired) electrons. The summed E-state index contributed by atoms with van der Waals surface area (Å²) in [5.74, 6) is 0.617. The van der Waals surface area contributed by atoms with Gasteiger partial charge in [-0.3, -0.25) is 4.79 Å². The Morgan fingerprint density at radius 3 is 2.29 bits per heavy atom. The van der Waals surface area contributed by atoms with Crippen molar-refractivity contribution < 1.29 is 29.6 Å². The van der Waals surface area contributed by atoms with Crippen molar-refractivity contribution in [3.8, 4) is 5.75 Å². The maximum absolute atomic E-state index is 13.0. The van der Waals surface area contributed by atoms with Crippen LogP contribution >= 0.6 is 0 Å². The maximum atomic E-state index is 13.0. The highest BCUT2D eigenvalue weighted by Gasteiger charge is 2.70. The summed E-state index contributed by atoms with van der Waals surface area (Å²) in [6, 6.07) is 6.62. The minimum absolute atomic E-state index is 0.0143. The summed E-state index contributed by atoms with van der Waals surface area (Å²) in [5.41, 5.74) is 0.857. The van der Waals surface area contributed by atoms with Gasteiger partial charge in [-0.05, 0) is 121 Å². The first-order valence-corrected chi connectivity index (χ1v) is 17.3. The normalized spacial score (nSPS) is 45.3. The van der Waals surface area contributed by atoms with E-state index in [1.54, 1.807) is 30.3 Å². The van der Waals surface area contributed by atoms with E-state index in [0.717, 1.165) is 50.5 Å². The number of hydrogen-bond acceptors (Lipinski definition) is 5. The summed E-state index contributed by atoms with van der Waals surface area (Å²) in [7, 11) is 0. The van der Waals surface area contributed by atoms with Gasteiger partial charge in [0, 0.05) is 11.5 Å². The molecule has 246 valence electrons. The topological polar surface area (TPSA) is 104 Å². The van der Waals surface area contributed by atoms with Crippen LogP contribution in [-0.4, -0.2) is 39.5 Å². The van der Waals surface area contributed by atoms with E-state index < -0.39 is 35.0 Å². The Morgan fingerprint density at radius 1 is 0.933 bits per heavy atom. The summed E-state index contributed by atoms with van der Waals surface area (Å²) in [6.45, 7) is 16.2. The van der Waals surface area contributed by atoms with Gasteiger partial charge < -0.3 is 20.1 Å². The molecule has 0 heterocycles. The molecule has 0 bridgehead atoms. The van der Waals surface area contributed by atoms with Gasteiger partial charge in [-0.15, -0.1) is 0 Å². The van der Waals surface area contributed by atoms with E-state index in [9.17, 15) is 24.9 Å². The zero-order valence-corrected chi connectivity index (χ0v) is 28.3. The van der Waals surface area contributed by atoms with Crippen LogP contribution in [0.3, 0.4) is 0 Å². The van der Waals surface area contributed by atoms with Crippen LogP contribution in [0.2, 0.25) is 0 Å². The lowest BCUT2D eigenvalue weighted by molar-refractivity contribution is -0.238. The molecule has 0 aromatic heterocycles. The third kappa shape index (κ3) is 4.58. The highest BCUT2D eigenvalue weighted by Crippen LogP contribution is 2.75. The molecule has 6 heteroatoms. The van der Waals surface area contributed by atoms with Crippen molar-refractivity contribution in [2.75, 3.05) is 0 Å². The zero-order valence-electron chi connectivity index (χ0n) is 28.3. The first-order valence-electron chi connectivity index (χ1n) is 17.3. The SMILES string of the molecule is C[C@H]1[C@H](C)CC[C@]2(C(=O)O)CC[C@]3(C)C(=CC[C@@H]4[C@@]5(C)C[C@@H](O)[C@@H](OC(=O)/C=C/c6ccc(O)cc6)C(C)(C)[C@H]5CC[C@]43C)[C@H]12. The average Bonchev–Trinajstić information content (AvgIpc) is 2.97. The molecular weight excluding hydrogens is 564 g/mol. The number of allylic oxidation sites excluding steroid dienone is 2. The third-order valence-corrected chi connectivity index (χ3v) is 14.9. The highest BCUT2D eigenvalue weighted by atomic mass is 16.6. The Labute approximate surface area is 269 Å². The van der Waals surface area contributed by atoms with Gasteiger partial charge in [-0.2, -0.15) is 0 Å². The fraction of sp³-hybridized carbons (Fsp3) is 0.692. The van der Waals surface area contributed by atoms with E-state index in [4.69, 9.17) is 4.74 Å². The minimum Gasteiger partial charge on any atom is -0.508 e. The van der Waals surface area contributed by atoms with Gasteiger partial charge in [0.25, 0.3) is 0 Å². The Balaban J connectivity index is 1.29. The van der Waals surface area contributed by atoms with Crippen molar-refractivity contribution in [2.24, 2.45) is 56.7 Å². The van der Waals surface area contributed by atoms with E-state index in [2.05, 4.69) is 54.5 Å². The lowest BCUT2D eigenvalue weighted by atomic mass is 9.33. The van der Waals surface area contributed by atoms with Gasteiger partial charge in [-0.1, -0.05) is 72.2 Å². The molecule has 6 rings (SSSR count). The van der Waals surface area contributed by atoms with Gasteiger partial charge in [0.05, 0.1) is 11.5 Å². The molecule has 0 spiro atoms. The van der Waals surface area contributed by atoms with Crippen molar-refractivity contribution >= 4 is 18.0 Å². The number of carboxylic acids is 1. The molecule has 5 aliphatic carbocycles. The zero-order chi connectivity index (χ0) is 32.7. The van der Waals surface area contributed by atoms with Gasteiger partial charge in [-0.25, -0.2) is 4.79 Å². The maximum Gasteiger partial charge on any atom is 0.331 e. The first-order chi connectivity index (χ1) is 21.0. The van der Waals surface area contributed by atoms with E-state index >= 15 is 0 Å². The summed E-state index contributed by atoms with van der Waals surface area (Å²) in [6.07, 6.45) is 11.1. The Hall–Kier alpha value is -2.60. The second-order valence-corrected chi connectivity index (χ2v) is 17.0. The van der Waals surface area contributed by atoms with Crippen LogP contribution in [0.5, 0.6) is 5.75 Å². The average molecular weight is 619 g/mol. The molecule has 0 saturated heterocycles. The standard InChI is InChI=1S/C39H54O6/c1-23-16-19-39(34(43)44)21-20-37(6)27(32(39)24(23)2)13-14-30-36(5)22-28(41)33(35(3,4)29(36)17-18-38(30,37)7)45-31(42)15-10-25-8-11-26(40)12-9-25/h8-13,15,23-24,28-30,32-33,40-41H,14,16-22H2,1-7H3,(H,43,44)/b15-10+/t23-,24+,28-,29-,30-,32+,33-,36+,37-,38-,39+/m1/s1. The van der Waals surface area contributed by atoms with Crippen molar-refractivity contribution in [3.05, 3.63) is 47.6 Å². The molecule has 45 heavy (non-hydrogen) atoms. The molecule has 1 aromatic rings. The Morgan fingerprint density at radius 2 is 1.62 bits per heavy atom. The van der Waals surface area contributed by atoms with E-state index in [-0.39, 0.29) is 33.8 Å². The number of fused-ring (bicyclic) bond motifs is 7. The van der Waals surface area contributed by atoms with Crippen molar-refractivity contribution in [2.45, 2.75) is 112 Å². The number of esters is 1. The van der Waals surface area contributed by atoms with Crippen LogP contribution in [0, 0.1) is 56.7 Å². The van der Waals surface area contributed by atoms with Gasteiger partial charge in [0.1, 0.15) is 11.9 Å². The number of carboxylic acid groups (broad SMARTS) is 1. The predicted octanol–water partition coefficient (Wildman–Crippen LogP) is 8.03. The number of benzene rings is 1. The number of aliphatic hydroxyl groups is 1. The summed E-state index contributed by atoms with van der Waals surface area (Å²) in [4.78, 5) is 26.0. The summed E-state index contributed by atoms with van der Waals surface area (Å²) < 4.78 is 6.05. The van der Waals surface area contributed by atoms with Crippen LogP contribution in [0.25, 0.3) is 6.08 Å². The number of aliphatic hydroxyl groups excluding tert-OH is 1. The van der Waals surface area contributed by atoms with Gasteiger partial charge >= 0.3 is 11.9 Å². The second kappa shape index (κ2) is 10.7. The number of ether oxygens (including phenoxy) is 1. The summed E-state index contributed by atoms with van der Waals surface area (Å²) in [5, 5.41) is 32.0. The van der Waals surface area contributed by atoms with Crippen molar-refractivity contribution in [3.63, 3.8) is 0 Å². The molecular formula is C39H54O6. The fourth-order valence-electron chi connectivity index (χ4n) is 12.1. The predicted molar refractivity (Wildman–Crippen MR) is 175 cm³/mol. The Bertz CT molecular complexity index is 1410. The number of aliphatic carboxylic acids is 1. The number of phenolic OH excluding ortho intramolecular Hbond substituents is 1. The smallest absolute Gasteiger partial charge is 0.331 e. The van der Waals surface area contributed by atoms with Crippen LogP contribution in [0.4, 0.5) is 0 Å². The molecule has 0 unspecified atom stereocenters. The molecule has 4 saturated carbocycles. The second-order valence-electron chi connectivity index (χ2n) is 17.0. The number of hydrogen-bond donors (Lipinski definition) is 3.